The van der Waals surface area contributed by atoms with Crippen molar-refractivity contribution in [2.45, 2.75) is 200 Å². The topological polar surface area (TPSA) is 55.8 Å². The number of hydrogen-bond acceptors (Lipinski definition) is 4. The Hall–Kier alpha value is -0.796. The van der Waals surface area contributed by atoms with Crippen LogP contribution in [0.2, 0.25) is 36.3 Å². The van der Waals surface area contributed by atoms with Gasteiger partial charge in [-0.05, 0) is 128 Å². The number of unbranched alkanes of at least 4 members (excludes halogenated alkanes) is 1. The Balaban J connectivity index is 1.54. The Kier molecular flexibility index (Phi) is 12.5. The summed E-state index contributed by atoms with van der Waals surface area (Å²) in [4.78, 5) is 13.3. The van der Waals surface area contributed by atoms with Gasteiger partial charge in [-0.2, -0.15) is 0 Å². The summed E-state index contributed by atoms with van der Waals surface area (Å²) in [6.45, 7) is 35.0. The van der Waals surface area contributed by atoms with Crippen molar-refractivity contribution in [3.8, 4) is 0 Å². The highest BCUT2D eigenvalue weighted by molar-refractivity contribution is 6.74. The molecule has 4 fully saturated rings. The van der Waals surface area contributed by atoms with Crippen LogP contribution in [0.4, 0.5) is 0 Å². The van der Waals surface area contributed by atoms with Crippen molar-refractivity contribution in [2.75, 3.05) is 0 Å². The van der Waals surface area contributed by atoms with Gasteiger partial charge >= 0.3 is 0 Å². The van der Waals surface area contributed by atoms with Gasteiger partial charge < -0.3 is 14.0 Å². The molecule has 0 heterocycles. The van der Waals surface area contributed by atoms with Gasteiger partial charge in [0.1, 0.15) is 5.78 Å². The number of carbonyl (C=O) groups is 1. The number of carbonyl (C=O) groups excluding carboxylic acids is 1. The lowest BCUT2D eigenvalue weighted by molar-refractivity contribution is -0.127. The van der Waals surface area contributed by atoms with E-state index in [0.29, 0.717) is 24.0 Å². The molecule has 0 spiro atoms. The van der Waals surface area contributed by atoms with E-state index >= 15 is 0 Å². The molecule has 0 amide bonds. The summed E-state index contributed by atoms with van der Waals surface area (Å²) >= 11 is 0. The summed E-state index contributed by atoms with van der Waals surface area (Å²) in [6.07, 6.45) is 17.7. The van der Waals surface area contributed by atoms with Crippen molar-refractivity contribution in [3.05, 3.63) is 35.5 Å². The van der Waals surface area contributed by atoms with Crippen molar-refractivity contribution < 1.29 is 18.8 Å². The van der Waals surface area contributed by atoms with Crippen molar-refractivity contribution in [1.29, 1.82) is 0 Å². The average Bonchev–Trinajstić information content (AvgIpc) is 3.69. The summed E-state index contributed by atoms with van der Waals surface area (Å²) in [5, 5.41) is 11.8. The summed E-state index contributed by atoms with van der Waals surface area (Å²) in [7, 11) is -3.97. The molecule has 49 heavy (non-hydrogen) atoms. The van der Waals surface area contributed by atoms with Crippen LogP contribution in [0.1, 0.15) is 146 Å². The van der Waals surface area contributed by atoms with Gasteiger partial charge in [0.25, 0.3) is 0 Å². The number of Topliss-reactive ketones (excluding diaryl/α,β-unsaturated/α-hetero) is 1. The number of fused-ring (bicyclic) bond motifs is 1. The van der Waals surface area contributed by atoms with Crippen molar-refractivity contribution in [2.24, 2.45) is 28.6 Å². The number of rotatable bonds is 13. The molecule has 0 radical (unpaired) electrons. The molecule has 4 aliphatic carbocycles. The largest absolute Gasteiger partial charge is 0.413 e. The molecular formula is C43H76O4Si2. The number of aliphatic hydroxyl groups is 1. The minimum absolute atomic E-state index is 0.0108. The van der Waals surface area contributed by atoms with Crippen LogP contribution in [-0.2, 0) is 13.6 Å². The Morgan fingerprint density at radius 1 is 1.00 bits per heavy atom. The highest BCUT2D eigenvalue weighted by atomic mass is 28.4. The highest BCUT2D eigenvalue weighted by Crippen LogP contribution is 2.60. The van der Waals surface area contributed by atoms with Crippen LogP contribution in [0, 0.1) is 28.6 Å². The standard InChI is InChI=1S/C43H76O4Si2/c1-15-16-24-43(25-26-43)39(45)29-37(44)31(3)35-21-22-36-32(18-17-23-42(35,36)10)19-20-33-27-34(46-48(11,12)40(4,5)6)28-38(30(33)2)47-49(13,14)41(7,8)9/h19-20,31,34-38,44H,2,15-18,21-29H2,1,3-14H3/t31-,34+,35+,36-,37?,38-,42+/m0/s1. The average molecular weight is 713 g/mol. The molecule has 4 aliphatic rings. The van der Waals surface area contributed by atoms with E-state index in [-0.39, 0.29) is 39.0 Å². The van der Waals surface area contributed by atoms with Crippen LogP contribution in [-0.4, -0.2) is 45.8 Å². The molecule has 1 unspecified atom stereocenters. The molecule has 1 N–H and O–H groups in total. The van der Waals surface area contributed by atoms with Crippen molar-refractivity contribution in [1.82, 2.24) is 0 Å². The Labute approximate surface area is 304 Å². The zero-order valence-corrected chi connectivity index (χ0v) is 36.2. The highest BCUT2D eigenvalue weighted by Gasteiger charge is 2.53. The monoisotopic (exact) mass is 713 g/mol. The smallest absolute Gasteiger partial charge is 0.192 e. The van der Waals surface area contributed by atoms with E-state index in [1.807, 2.05) is 0 Å². The lowest BCUT2D eigenvalue weighted by atomic mass is 9.60. The molecule has 280 valence electrons. The normalized spacial score (nSPS) is 32.3. The first-order valence-corrected chi connectivity index (χ1v) is 26.0. The van der Waals surface area contributed by atoms with Crippen LogP contribution in [0.3, 0.4) is 0 Å². The van der Waals surface area contributed by atoms with Gasteiger partial charge in [-0.3, -0.25) is 4.79 Å². The first-order chi connectivity index (χ1) is 22.5. The number of hydrogen-bond donors (Lipinski definition) is 1. The predicted octanol–water partition coefficient (Wildman–Crippen LogP) is 12.1. The van der Waals surface area contributed by atoms with E-state index in [1.54, 1.807) is 5.57 Å². The van der Waals surface area contributed by atoms with Gasteiger partial charge in [0.05, 0.1) is 18.3 Å². The number of ketones is 1. The number of aliphatic hydroxyl groups excluding tert-OH is 1. The predicted molar refractivity (Wildman–Crippen MR) is 213 cm³/mol. The van der Waals surface area contributed by atoms with Gasteiger partial charge in [0.15, 0.2) is 16.6 Å². The van der Waals surface area contributed by atoms with Crippen molar-refractivity contribution >= 4 is 22.4 Å². The fraction of sp³-hybridized carbons (Fsp3) is 0.837. The van der Waals surface area contributed by atoms with Crippen LogP contribution in [0.5, 0.6) is 0 Å². The third kappa shape index (κ3) is 8.88. The second-order valence-electron chi connectivity index (χ2n) is 20.3. The first-order valence-electron chi connectivity index (χ1n) is 20.1. The van der Waals surface area contributed by atoms with E-state index in [2.05, 4.69) is 107 Å². The summed E-state index contributed by atoms with van der Waals surface area (Å²) in [6, 6.07) is 0. The molecule has 4 nitrogen and oxygen atoms in total. The van der Waals surface area contributed by atoms with Gasteiger partial charge in [0.2, 0.25) is 0 Å². The lowest BCUT2D eigenvalue weighted by Gasteiger charge is -2.46. The van der Waals surface area contributed by atoms with Crippen LogP contribution >= 0.6 is 0 Å². The van der Waals surface area contributed by atoms with E-state index in [4.69, 9.17) is 8.85 Å². The quantitative estimate of drug-likeness (QED) is 0.193. The van der Waals surface area contributed by atoms with Gasteiger partial charge in [-0.1, -0.05) is 99.5 Å². The molecule has 0 saturated heterocycles. The minimum atomic E-state index is -2.01. The fourth-order valence-corrected chi connectivity index (χ4v) is 11.8. The van der Waals surface area contributed by atoms with Gasteiger partial charge in [0, 0.05) is 18.3 Å². The Morgan fingerprint density at radius 3 is 2.18 bits per heavy atom. The maximum absolute atomic E-state index is 13.3. The molecule has 0 aliphatic heterocycles. The molecule has 0 bridgehead atoms. The maximum atomic E-state index is 13.3. The van der Waals surface area contributed by atoms with E-state index in [0.717, 1.165) is 63.4 Å². The molecule has 0 aromatic heterocycles. The summed E-state index contributed by atoms with van der Waals surface area (Å²) in [5.41, 5.74) is 4.07. The zero-order valence-electron chi connectivity index (χ0n) is 34.2. The van der Waals surface area contributed by atoms with Crippen molar-refractivity contribution in [3.63, 3.8) is 0 Å². The molecule has 7 atom stereocenters. The van der Waals surface area contributed by atoms with Crippen LogP contribution in [0.25, 0.3) is 0 Å². The lowest BCUT2D eigenvalue weighted by Crippen LogP contribution is -2.49. The first kappa shape index (κ1) is 41.0. The van der Waals surface area contributed by atoms with Crippen LogP contribution < -0.4 is 0 Å². The Morgan fingerprint density at radius 2 is 1.61 bits per heavy atom. The van der Waals surface area contributed by atoms with Gasteiger partial charge in [-0.15, -0.1) is 0 Å². The summed E-state index contributed by atoms with van der Waals surface area (Å²) in [5.74, 6) is 1.44. The van der Waals surface area contributed by atoms with Crippen LogP contribution in [0.15, 0.2) is 35.5 Å². The molecule has 6 heteroatoms. The molecular weight excluding hydrogens is 637 g/mol. The van der Waals surface area contributed by atoms with E-state index < -0.39 is 22.7 Å². The molecule has 0 aromatic rings. The SMILES string of the molecule is C=C1C(=CC=C2CCC[C@]3(C)[C@@H]([C@H](C)C(O)CC(=O)C4(CCCC)CC4)CC[C@@H]23)C[C@@H](O[Si](C)(C)C(C)(C)C)C[C@@H]1O[Si](C)(C)C(C)(C)C. The molecule has 4 saturated carbocycles. The third-order valence-electron chi connectivity index (χ3n) is 14.9. The Bertz CT molecular complexity index is 1260. The minimum Gasteiger partial charge on any atom is -0.413 e. The number of allylic oxidation sites excluding steroid dienone is 3. The van der Waals surface area contributed by atoms with E-state index in [1.165, 1.54) is 24.8 Å². The second-order valence-corrected chi connectivity index (χ2v) is 29.8. The zero-order chi connectivity index (χ0) is 36.8. The third-order valence-corrected chi connectivity index (χ3v) is 23.9. The fourth-order valence-electron chi connectivity index (χ4n) is 9.10. The summed E-state index contributed by atoms with van der Waals surface area (Å²) < 4.78 is 14.2. The van der Waals surface area contributed by atoms with E-state index in [9.17, 15) is 9.90 Å². The van der Waals surface area contributed by atoms with Gasteiger partial charge in [-0.25, -0.2) is 0 Å². The molecule has 4 rings (SSSR count). The molecule has 0 aromatic carbocycles. The second kappa shape index (κ2) is 14.9. The maximum Gasteiger partial charge on any atom is 0.192 e.